The van der Waals surface area contributed by atoms with Crippen molar-refractivity contribution in [3.8, 4) is 0 Å². The number of carbonyl (C=O) groups excluding carboxylic acids is 1. The zero-order chi connectivity index (χ0) is 21.5. The maximum atomic E-state index is 12.5. The minimum Gasteiger partial charge on any atom is -0.340 e. The molecule has 0 aliphatic rings. The Kier molecular flexibility index (Phi) is 6.44. The number of anilines is 3. The average molecular weight is 400 g/mol. The predicted molar refractivity (Wildman–Crippen MR) is 124 cm³/mol. The Bertz CT molecular complexity index is 1240. The number of benzene rings is 1. The number of hydrogen-bond donors (Lipinski definition) is 4. The van der Waals surface area contributed by atoms with Gasteiger partial charge in [-0.25, -0.2) is 9.78 Å². The summed E-state index contributed by atoms with van der Waals surface area (Å²) in [6.45, 7) is 11.5. The van der Waals surface area contributed by atoms with Crippen LogP contribution < -0.4 is 26.5 Å². The Morgan fingerprint density at radius 1 is 1.17 bits per heavy atom. The number of carbonyl (C=O) groups is 1. The lowest BCUT2D eigenvalue weighted by Crippen LogP contribution is -2.29. The van der Waals surface area contributed by atoms with Crippen LogP contribution >= 0.6 is 0 Å². The molecule has 2 heterocycles. The van der Waals surface area contributed by atoms with E-state index < -0.39 is 6.03 Å². The first-order valence-corrected chi connectivity index (χ1v) is 9.46. The van der Waals surface area contributed by atoms with Crippen molar-refractivity contribution in [1.29, 1.82) is 0 Å². The molecule has 7 nitrogen and oxygen atoms in total. The van der Waals surface area contributed by atoms with Crippen LogP contribution in [0.25, 0.3) is 23.6 Å². The Hall–Kier alpha value is -4.13. The van der Waals surface area contributed by atoms with Crippen molar-refractivity contribution in [3.63, 3.8) is 0 Å². The van der Waals surface area contributed by atoms with Gasteiger partial charge in [0, 0.05) is 16.6 Å². The Labute approximate surface area is 174 Å². The minimum absolute atomic E-state index is 0.351. The fourth-order valence-electron chi connectivity index (χ4n) is 2.89. The van der Waals surface area contributed by atoms with Gasteiger partial charge in [-0.1, -0.05) is 55.7 Å². The molecule has 30 heavy (non-hydrogen) atoms. The van der Waals surface area contributed by atoms with Crippen molar-refractivity contribution in [2.45, 2.75) is 13.8 Å². The molecular formula is C23H24N6O. The van der Waals surface area contributed by atoms with Gasteiger partial charge < -0.3 is 10.6 Å². The van der Waals surface area contributed by atoms with Crippen LogP contribution in [0, 0.1) is 0 Å². The van der Waals surface area contributed by atoms with Gasteiger partial charge in [-0.3, -0.25) is 10.4 Å². The number of urea groups is 1. The third kappa shape index (κ3) is 4.47. The number of H-pyrrole nitrogens is 1. The number of nitrogens with one attached hydrogen (secondary N) is 4. The Morgan fingerprint density at radius 3 is 2.60 bits per heavy atom. The summed E-state index contributed by atoms with van der Waals surface area (Å²) in [7, 11) is 0. The van der Waals surface area contributed by atoms with Crippen molar-refractivity contribution in [1.82, 2.24) is 20.5 Å². The third-order valence-electron chi connectivity index (χ3n) is 4.37. The second kappa shape index (κ2) is 9.38. The smallest absolute Gasteiger partial charge is 0.324 e. The molecule has 0 unspecified atom stereocenters. The fourth-order valence-corrected chi connectivity index (χ4v) is 2.89. The van der Waals surface area contributed by atoms with Crippen LogP contribution in [0.5, 0.6) is 0 Å². The van der Waals surface area contributed by atoms with Gasteiger partial charge in [-0.15, -0.1) is 0 Å². The van der Waals surface area contributed by atoms with Crippen LogP contribution in [-0.2, 0) is 0 Å². The predicted octanol–water partition coefficient (Wildman–Crippen LogP) is 3.68. The first-order chi connectivity index (χ1) is 14.6. The van der Waals surface area contributed by atoms with E-state index in [1.165, 1.54) is 0 Å². The molecule has 0 bridgehead atoms. The summed E-state index contributed by atoms with van der Waals surface area (Å²) in [6.07, 6.45) is 8.78. The Morgan fingerprint density at radius 2 is 1.93 bits per heavy atom. The third-order valence-corrected chi connectivity index (χ3v) is 4.37. The standard InChI is InChI=1S/C23H24N6O/c1-5-8-12-16(6-2)25-23(30)27-22-19-20(28-29-22)15(4)18(7-3)26-21(19)24-17-13-10-9-11-14-17/h5-14H,1,4H2,2-3H3,(H,24,26)(H3,25,27,28,29,30)/b12-8-,16-6+,18-7+. The van der Waals surface area contributed by atoms with E-state index in [1.54, 1.807) is 24.3 Å². The van der Waals surface area contributed by atoms with Gasteiger partial charge in [0.05, 0.1) is 16.3 Å². The largest absolute Gasteiger partial charge is 0.340 e. The van der Waals surface area contributed by atoms with E-state index in [0.29, 0.717) is 33.5 Å². The summed E-state index contributed by atoms with van der Waals surface area (Å²) in [5, 5.41) is 18.2. The van der Waals surface area contributed by atoms with Gasteiger partial charge in [-0.05, 0) is 32.1 Å². The highest BCUT2D eigenvalue weighted by Crippen LogP contribution is 2.26. The van der Waals surface area contributed by atoms with E-state index in [2.05, 4.69) is 44.3 Å². The van der Waals surface area contributed by atoms with Crippen molar-refractivity contribution < 1.29 is 4.79 Å². The first kappa shape index (κ1) is 20.6. The summed E-state index contributed by atoms with van der Waals surface area (Å²) < 4.78 is 0. The molecule has 1 aromatic carbocycles. The molecule has 0 saturated heterocycles. The maximum Gasteiger partial charge on any atom is 0.324 e. The number of allylic oxidation sites excluding steroid dienone is 4. The highest BCUT2D eigenvalue weighted by atomic mass is 16.2. The number of amides is 2. The molecule has 7 heteroatoms. The number of nitrogens with zero attached hydrogens (tertiary/aromatic N) is 2. The van der Waals surface area contributed by atoms with E-state index >= 15 is 0 Å². The molecule has 0 saturated carbocycles. The number of fused-ring (bicyclic) bond motifs is 1. The summed E-state index contributed by atoms with van der Waals surface area (Å²) >= 11 is 0. The molecule has 2 aromatic heterocycles. The first-order valence-electron chi connectivity index (χ1n) is 9.46. The zero-order valence-electron chi connectivity index (χ0n) is 17.0. The summed E-state index contributed by atoms with van der Waals surface area (Å²) in [6, 6.07) is 9.25. The molecule has 4 N–H and O–H groups in total. The second-order valence-electron chi connectivity index (χ2n) is 6.34. The molecular weight excluding hydrogens is 376 g/mol. The van der Waals surface area contributed by atoms with E-state index in [0.717, 1.165) is 11.0 Å². The maximum absolute atomic E-state index is 12.5. The van der Waals surface area contributed by atoms with Crippen molar-refractivity contribution in [3.05, 3.63) is 77.5 Å². The SMILES string of the molecule is C=C/C=C\C(=C/C)NC(=O)Nc1n[nH]c2c(=C)/c(=C\C)nc(Nc3ccccc3)c12. The number of aromatic nitrogens is 3. The number of rotatable bonds is 6. The quantitative estimate of drug-likeness (QED) is 0.475. The van der Waals surface area contributed by atoms with Crippen molar-refractivity contribution in [2.24, 2.45) is 0 Å². The van der Waals surface area contributed by atoms with Crippen LogP contribution in [0.4, 0.5) is 22.1 Å². The molecule has 0 aliphatic heterocycles. The number of hydrogen-bond acceptors (Lipinski definition) is 4. The molecule has 2 amide bonds. The molecule has 3 rings (SSSR count). The fraction of sp³-hybridized carbons (Fsp3) is 0.0870. The van der Waals surface area contributed by atoms with Crippen molar-refractivity contribution >= 4 is 46.9 Å². The summed E-state index contributed by atoms with van der Waals surface area (Å²) in [4.78, 5) is 17.2. The minimum atomic E-state index is -0.424. The molecule has 3 aromatic rings. The lowest BCUT2D eigenvalue weighted by atomic mass is 10.2. The lowest BCUT2D eigenvalue weighted by Gasteiger charge is -2.10. The van der Waals surface area contributed by atoms with Gasteiger partial charge in [-0.2, -0.15) is 5.10 Å². The highest BCUT2D eigenvalue weighted by Gasteiger charge is 2.16. The van der Waals surface area contributed by atoms with Crippen LogP contribution in [0.2, 0.25) is 0 Å². The van der Waals surface area contributed by atoms with Gasteiger partial charge >= 0.3 is 6.03 Å². The zero-order valence-corrected chi connectivity index (χ0v) is 17.0. The number of para-hydroxylation sites is 1. The number of aromatic amines is 1. The lowest BCUT2D eigenvalue weighted by molar-refractivity contribution is 0.254. The van der Waals surface area contributed by atoms with Gasteiger partial charge in [0.1, 0.15) is 5.82 Å². The summed E-state index contributed by atoms with van der Waals surface area (Å²) in [5.74, 6) is 0.919. The molecule has 152 valence electrons. The van der Waals surface area contributed by atoms with Crippen LogP contribution in [0.15, 0.2) is 66.9 Å². The topological polar surface area (TPSA) is 94.7 Å². The molecule has 0 atom stereocenters. The van der Waals surface area contributed by atoms with E-state index in [9.17, 15) is 4.79 Å². The normalized spacial score (nSPS) is 12.3. The van der Waals surface area contributed by atoms with Gasteiger partial charge in [0.15, 0.2) is 5.82 Å². The second-order valence-corrected chi connectivity index (χ2v) is 6.34. The molecule has 0 spiro atoms. The highest BCUT2D eigenvalue weighted by molar-refractivity contribution is 6.05. The number of pyridine rings is 1. The van der Waals surface area contributed by atoms with Gasteiger partial charge in [0.2, 0.25) is 0 Å². The van der Waals surface area contributed by atoms with Gasteiger partial charge in [0.25, 0.3) is 0 Å². The van der Waals surface area contributed by atoms with E-state index in [-0.39, 0.29) is 0 Å². The molecule has 0 fully saturated rings. The molecule has 0 radical (unpaired) electrons. The molecule has 0 aliphatic carbocycles. The van der Waals surface area contributed by atoms with Crippen LogP contribution in [0.3, 0.4) is 0 Å². The average Bonchev–Trinajstić information content (AvgIpc) is 3.18. The Balaban J connectivity index is 2.01. The summed E-state index contributed by atoms with van der Waals surface area (Å²) in [5.41, 5.74) is 2.20. The van der Waals surface area contributed by atoms with Crippen molar-refractivity contribution in [2.75, 3.05) is 10.6 Å². The van der Waals surface area contributed by atoms with Crippen LogP contribution in [-0.4, -0.2) is 21.2 Å². The van der Waals surface area contributed by atoms with Crippen LogP contribution in [0.1, 0.15) is 13.8 Å². The van der Waals surface area contributed by atoms with E-state index in [4.69, 9.17) is 0 Å². The van der Waals surface area contributed by atoms with E-state index in [1.807, 2.05) is 50.3 Å². The monoisotopic (exact) mass is 400 g/mol.